The van der Waals surface area contributed by atoms with E-state index in [2.05, 4.69) is 5.32 Å². The quantitative estimate of drug-likeness (QED) is 0.520. The molecule has 1 heterocycles. The van der Waals surface area contributed by atoms with Crippen LogP contribution >= 0.6 is 0 Å². The Hall–Kier alpha value is -2.44. The van der Waals surface area contributed by atoms with Crippen molar-refractivity contribution in [1.82, 2.24) is 10.2 Å². The third kappa shape index (κ3) is 2.14. The molecule has 1 saturated carbocycles. The number of hydrogen-bond acceptors (Lipinski definition) is 4. The van der Waals surface area contributed by atoms with E-state index in [9.17, 15) is 19.7 Å². The number of amides is 3. The van der Waals surface area contributed by atoms with Crippen LogP contribution in [-0.2, 0) is 11.3 Å². The van der Waals surface area contributed by atoms with Crippen molar-refractivity contribution in [1.29, 1.82) is 0 Å². The van der Waals surface area contributed by atoms with Gasteiger partial charge in [-0.2, -0.15) is 0 Å². The van der Waals surface area contributed by atoms with Crippen LogP contribution < -0.4 is 5.32 Å². The molecule has 1 aliphatic carbocycles. The van der Waals surface area contributed by atoms with Crippen LogP contribution in [0.4, 0.5) is 10.5 Å². The van der Waals surface area contributed by atoms with Crippen molar-refractivity contribution in [2.75, 3.05) is 0 Å². The molecule has 0 radical (unpaired) electrons. The molecule has 1 aromatic rings. The molecule has 0 bridgehead atoms. The Kier molecular flexibility index (Phi) is 2.93. The lowest BCUT2D eigenvalue weighted by Gasteiger charge is -2.20. The number of hydrogen-bond donors (Lipinski definition) is 1. The Morgan fingerprint density at radius 3 is 2.67 bits per heavy atom. The third-order valence-corrected chi connectivity index (χ3v) is 4.21. The number of para-hydroxylation sites is 1. The van der Waals surface area contributed by atoms with Crippen LogP contribution in [0.25, 0.3) is 0 Å². The zero-order valence-corrected chi connectivity index (χ0v) is 11.5. The van der Waals surface area contributed by atoms with Crippen molar-refractivity contribution < 1.29 is 14.5 Å². The maximum atomic E-state index is 12.5. The highest BCUT2D eigenvalue weighted by atomic mass is 16.6. The lowest BCUT2D eigenvalue weighted by Crippen LogP contribution is -2.46. The fraction of sp³-hybridized carbons (Fsp3) is 0.429. The van der Waals surface area contributed by atoms with Crippen LogP contribution in [0.5, 0.6) is 0 Å². The Morgan fingerprint density at radius 1 is 1.38 bits per heavy atom. The fourth-order valence-corrected chi connectivity index (χ4v) is 2.79. The van der Waals surface area contributed by atoms with Gasteiger partial charge in [-0.3, -0.25) is 19.8 Å². The summed E-state index contributed by atoms with van der Waals surface area (Å²) in [6, 6.07) is 5.66. The molecule has 3 rings (SSSR count). The number of nitro benzene ring substituents is 1. The fourth-order valence-electron chi connectivity index (χ4n) is 2.79. The molecule has 21 heavy (non-hydrogen) atoms. The number of benzene rings is 1. The summed E-state index contributed by atoms with van der Waals surface area (Å²) in [6.45, 7) is 1.65. The predicted octanol–water partition coefficient (Wildman–Crippen LogP) is 1.82. The Morgan fingerprint density at radius 2 is 2.05 bits per heavy atom. The van der Waals surface area contributed by atoms with Crippen molar-refractivity contribution >= 4 is 17.6 Å². The smallest absolute Gasteiger partial charge is 0.323 e. The van der Waals surface area contributed by atoms with Crippen molar-refractivity contribution in [3.05, 3.63) is 39.9 Å². The van der Waals surface area contributed by atoms with Crippen LogP contribution in [0, 0.1) is 16.0 Å². The second-order valence-electron chi connectivity index (χ2n) is 5.68. The molecule has 1 atom stereocenters. The van der Waals surface area contributed by atoms with Gasteiger partial charge in [-0.15, -0.1) is 0 Å². The summed E-state index contributed by atoms with van der Waals surface area (Å²) in [4.78, 5) is 36.1. The molecule has 1 N–H and O–H groups in total. The highest BCUT2D eigenvalue weighted by Crippen LogP contribution is 2.43. The van der Waals surface area contributed by atoms with Crippen LogP contribution in [-0.4, -0.2) is 27.3 Å². The summed E-state index contributed by atoms with van der Waals surface area (Å²) in [7, 11) is 0. The van der Waals surface area contributed by atoms with E-state index in [0.29, 0.717) is 5.56 Å². The summed E-state index contributed by atoms with van der Waals surface area (Å²) < 4.78 is 0. The number of carbonyl (C=O) groups is 2. The largest absolute Gasteiger partial charge is 0.325 e. The summed E-state index contributed by atoms with van der Waals surface area (Å²) >= 11 is 0. The monoisotopic (exact) mass is 289 g/mol. The van der Waals surface area contributed by atoms with Gasteiger partial charge in [0.1, 0.15) is 5.54 Å². The predicted molar refractivity (Wildman–Crippen MR) is 73.3 cm³/mol. The Balaban J connectivity index is 1.87. The molecule has 0 spiro atoms. The van der Waals surface area contributed by atoms with Gasteiger partial charge in [-0.05, 0) is 25.7 Å². The molecular weight excluding hydrogens is 274 g/mol. The van der Waals surface area contributed by atoms with Gasteiger partial charge in [0.25, 0.3) is 11.6 Å². The van der Waals surface area contributed by atoms with Gasteiger partial charge in [0.05, 0.1) is 11.5 Å². The zero-order chi connectivity index (χ0) is 15.2. The lowest BCUT2D eigenvalue weighted by molar-refractivity contribution is -0.385. The molecular formula is C14H15N3O4. The first kappa shape index (κ1) is 13.5. The molecule has 1 aromatic carbocycles. The van der Waals surface area contributed by atoms with Crippen LogP contribution in [0.3, 0.4) is 0 Å². The standard InChI is InChI=1S/C14H15N3O4/c1-14(10-6-7-10)12(18)16(13(19)15-14)8-9-4-2-3-5-11(9)17(20)21/h2-5,10H,6-8H2,1H3,(H,15,19). The summed E-state index contributed by atoms with van der Waals surface area (Å²) in [5, 5.41) is 13.7. The zero-order valence-electron chi connectivity index (χ0n) is 11.5. The van der Waals surface area contributed by atoms with E-state index in [4.69, 9.17) is 0 Å². The SMILES string of the molecule is CC1(C2CC2)NC(=O)N(Cc2ccccc2[N+](=O)[O-])C1=O. The first-order valence-electron chi connectivity index (χ1n) is 6.80. The van der Waals surface area contributed by atoms with E-state index >= 15 is 0 Å². The number of nitro groups is 1. The van der Waals surface area contributed by atoms with E-state index in [1.807, 2.05) is 0 Å². The Labute approximate surface area is 121 Å². The van der Waals surface area contributed by atoms with Gasteiger partial charge in [-0.1, -0.05) is 18.2 Å². The van der Waals surface area contributed by atoms with Crippen molar-refractivity contribution in [3.63, 3.8) is 0 Å². The van der Waals surface area contributed by atoms with E-state index in [1.54, 1.807) is 25.1 Å². The van der Waals surface area contributed by atoms with E-state index in [-0.39, 0.29) is 24.1 Å². The van der Waals surface area contributed by atoms with Gasteiger partial charge in [-0.25, -0.2) is 4.79 Å². The minimum atomic E-state index is -0.860. The second kappa shape index (κ2) is 4.54. The third-order valence-electron chi connectivity index (χ3n) is 4.21. The molecule has 2 aliphatic rings. The van der Waals surface area contributed by atoms with Gasteiger partial charge in [0.15, 0.2) is 0 Å². The maximum Gasteiger partial charge on any atom is 0.325 e. The Bertz CT molecular complexity index is 641. The number of nitrogens with zero attached hydrogens (tertiary/aromatic N) is 2. The first-order chi connectivity index (χ1) is 9.93. The molecule has 7 heteroatoms. The molecule has 3 amide bonds. The number of imide groups is 1. The number of urea groups is 1. The van der Waals surface area contributed by atoms with E-state index < -0.39 is 16.5 Å². The lowest BCUT2D eigenvalue weighted by atomic mass is 9.96. The van der Waals surface area contributed by atoms with Gasteiger partial charge in [0.2, 0.25) is 0 Å². The summed E-state index contributed by atoms with van der Waals surface area (Å²) in [5.74, 6) is -0.127. The van der Waals surface area contributed by atoms with Crippen molar-refractivity contribution in [3.8, 4) is 0 Å². The van der Waals surface area contributed by atoms with E-state index in [1.165, 1.54) is 6.07 Å². The van der Waals surface area contributed by atoms with Crippen LogP contribution in [0.15, 0.2) is 24.3 Å². The average molecular weight is 289 g/mol. The molecule has 1 aliphatic heterocycles. The van der Waals surface area contributed by atoms with Gasteiger partial charge < -0.3 is 5.32 Å². The number of rotatable bonds is 4. The first-order valence-corrected chi connectivity index (χ1v) is 6.80. The molecule has 1 saturated heterocycles. The van der Waals surface area contributed by atoms with Gasteiger partial charge in [0, 0.05) is 11.6 Å². The summed E-state index contributed by atoms with van der Waals surface area (Å²) in [5.41, 5.74) is -0.593. The average Bonchev–Trinajstić information content (AvgIpc) is 3.25. The molecule has 7 nitrogen and oxygen atoms in total. The second-order valence-corrected chi connectivity index (χ2v) is 5.68. The number of carbonyl (C=O) groups excluding carboxylic acids is 2. The molecule has 2 fully saturated rings. The van der Waals surface area contributed by atoms with Gasteiger partial charge >= 0.3 is 6.03 Å². The highest BCUT2D eigenvalue weighted by Gasteiger charge is 2.56. The normalized spacial score (nSPS) is 25.1. The van der Waals surface area contributed by atoms with Crippen molar-refractivity contribution in [2.24, 2.45) is 5.92 Å². The highest BCUT2D eigenvalue weighted by molar-refractivity contribution is 6.07. The van der Waals surface area contributed by atoms with Crippen LogP contribution in [0.1, 0.15) is 25.3 Å². The number of nitrogens with one attached hydrogen (secondary N) is 1. The summed E-state index contributed by atoms with van der Waals surface area (Å²) in [6.07, 6.45) is 1.84. The van der Waals surface area contributed by atoms with Crippen LogP contribution in [0.2, 0.25) is 0 Å². The molecule has 0 aromatic heterocycles. The van der Waals surface area contributed by atoms with E-state index in [0.717, 1.165) is 17.7 Å². The molecule has 110 valence electrons. The van der Waals surface area contributed by atoms with Crippen molar-refractivity contribution in [2.45, 2.75) is 31.8 Å². The minimum Gasteiger partial charge on any atom is -0.323 e. The maximum absolute atomic E-state index is 12.5. The molecule has 1 unspecified atom stereocenters. The minimum absolute atomic E-state index is 0.0792. The topological polar surface area (TPSA) is 92.6 Å².